The number of thiol groups is 1. The first kappa shape index (κ1) is 49.2. The molecule has 13 nitrogen and oxygen atoms in total. The molecule has 65 heavy (non-hydrogen) atoms. The molecule has 7 atom stereocenters. The summed E-state index contributed by atoms with van der Waals surface area (Å²) in [5.74, 6) is -0.354. The number of ether oxygens (including phenoxy) is 1. The molecule has 10 aliphatic rings. The maximum absolute atomic E-state index is 12.5. The Hall–Kier alpha value is 0.638. The molecule has 3 heterocycles. The van der Waals surface area contributed by atoms with E-state index in [0.29, 0.717) is 31.6 Å². The molecule has 7 aliphatic carbocycles. The number of rotatable bonds is 16. The van der Waals surface area contributed by atoms with Crippen molar-refractivity contribution in [2.45, 2.75) is 238 Å². The highest BCUT2D eigenvalue weighted by Crippen LogP contribution is 2.66. The lowest BCUT2D eigenvalue weighted by Crippen LogP contribution is -2.83. The van der Waals surface area contributed by atoms with Crippen molar-refractivity contribution in [3.8, 4) is 0 Å². The van der Waals surface area contributed by atoms with Crippen molar-refractivity contribution in [3.05, 3.63) is 12.2 Å². The molecule has 0 aromatic rings. The molecule has 0 aromatic carbocycles. The third-order valence-corrected chi connectivity index (χ3v) is 59.1. The highest BCUT2D eigenvalue weighted by molar-refractivity contribution is 7.76. The zero-order valence-corrected chi connectivity index (χ0v) is 47.5. The van der Waals surface area contributed by atoms with Gasteiger partial charge in [-0.15, -0.1) is 0 Å². The van der Waals surface area contributed by atoms with Gasteiger partial charge in [-0.1, -0.05) is 96.5 Å². The number of esters is 1. The molecule has 21 heteroatoms. The first-order valence-electron chi connectivity index (χ1n) is 26.5. The Balaban J connectivity index is 1.25. The molecule has 0 radical (unpaired) electrons. The van der Waals surface area contributed by atoms with E-state index in [4.69, 9.17) is 63.3 Å². The molecular formula is C44H80O13SSi7. The lowest BCUT2D eigenvalue weighted by Gasteiger charge is -2.58. The summed E-state index contributed by atoms with van der Waals surface area (Å²) in [5, 5.41) is 0. The molecule has 10 rings (SSSR count). The van der Waals surface area contributed by atoms with Crippen LogP contribution in [0.2, 0.25) is 38.8 Å². The Labute approximate surface area is 402 Å². The van der Waals surface area contributed by atoms with E-state index in [9.17, 15) is 4.79 Å². The maximum atomic E-state index is 12.5. The summed E-state index contributed by atoms with van der Waals surface area (Å²) < 4.78 is 95.9. The Morgan fingerprint density at radius 1 is 0.492 bits per heavy atom. The van der Waals surface area contributed by atoms with E-state index in [1.54, 1.807) is 6.92 Å². The van der Waals surface area contributed by atoms with Gasteiger partial charge in [0.1, 0.15) is 0 Å². The van der Waals surface area contributed by atoms with Gasteiger partial charge >= 0.3 is 66.1 Å². The van der Waals surface area contributed by atoms with Gasteiger partial charge in [-0.05, 0) is 123 Å². The zero-order valence-electron chi connectivity index (χ0n) is 39.6. The molecule has 0 aromatic heterocycles. The minimum Gasteiger partial charge on any atom is -0.462 e. The van der Waals surface area contributed by atoms with Gasteiger partial charge in [0.2, 0.25) is 0 Å². The van der Waals surface area contributed by atoms with Crippen molar-refractivity contribution in [2.75, 3.05) is 20.3 Å². The van der Waals surface area contributed by atoms with Crippen molar-refractivity contribution in [1.29, 1.82) is 0 Å². The molecule has 4 bridgehead atoms. The van der Waals surface area contributed by atoms with Crippen molar-refractivity contribution < 1.29 is 55.2 Å². The topological polar surface area (TPSA) is 128 Å². The largest absolute Gasteiger partial charge is 0.500 e. The van der Waals surface area contributed by atoms with E-state index in [-0.39, 0.29) is 44.8 Å². The van der Waals surface area contributed by atoms with Crippen LogP contribution in [0.1, 0.15) is 200 Å². The number of hydrogen-bond acceptors (Lipinski definition) is 14. The number of carbonyl (C=O) groups is 1. The summed E-state index contributed by atoms with van der Waals surface area (Å²) in [7, 11) is -25.4. The van der Waals surface area contributed by atoms with Crippen LogP contribution in [-0.4, -0.2) is 86.5 Å². The number of hydrogen-bond donors (Lipinski definition) is 1. The van der Waals surface area contributed by atoms with E-state index in [2.05, 4.69) is 6.58 Å². The minimum absolute atomic E-state index is 0.0113. The Kier molecular flexibility index (Phi) is 15.4. The van der Waals surface area contributed by atoms with Gasteiger partial charge < -0.3 is 50.4 Å². The van der Waals surface area contributed by atoms with Crippen molar-refractivity contribution in [2.24, 2.45) is 0 Å². The van der Waals surface area contributed by atoms with Crippen LogP contribution in [0.3, 0.4) is 0 Å². The van der Waals surface area contributed by atoms with Gasteiger partial charge in [0.15, 0.2) is 0 Å². The molecule has 0 N–H and O–H groups in total. The van der Waals surface area contributed by atoms with E-state index in [1.165, 1.54) is 0 Å². The summed E-state index contributed by atoms with van der Waals surface area (Å²) in [6, 6.07) is 0. The van der Waals surface area contributed by atoms with Gasteiger partial charge in [0.05, 0.1) is 6.61 Å². The lowest BCUT2D eigenvalue weighted by atomic mass is 10.3. The van der Waals surface area contributed by atoms with Crippen LogP contribution < -0.4 is 0 Å². The van der Waals surface area contributed by atoms with Crippen LogP contribution in [-0.2, 0) is 55.2 Å². The second-order valence-electron chi connectivity index (χ2n) is 21.8. The predicted octanol–water partition coefficient (Wildman–Crippen LogP) is 11.9. The van der Waals surface area contributed by atoms with Crippen molar-refractivity contribution in [1.82, 2.24) is 0 Å². The van der Waals surface area contributed by atoms with Crippen LogP contribution in [0.4, 0.5) is 0 Å². The molecule has 7 saturated carbocycles. The minimum atomic E-state index is -3.99. The summed E-state index contributed by atoms with van der Waals surface area (Å²) in [6.45, 7) is 6.24. The third kappa shape index (κ3) is 8.92. The Morgan fingerprint density at radius 3 is 1.34 bits per heavy atom. The quantitative estimate of drug-likeness (QED) is 0.0394. The summed E-state index contributed by atoms with van der Waals surface area (Å²) in [6.07, 6.45) is 30.2. The van der Waals surface area contributed by atoms with Crippen LogP contribution >= 0.6 is 12.9 Å². The van der Waals surface area contributed by atoms with E-state index in [0.717, 1.165) is 180 Å². The number of unbranched alkanes of at least 4 members (excludes halogenated alkanes) is 1. The van der Waals surface area contributed by atoms with Gasteiger partial charge in [0.25, 0.3) is 0 Å². The van der Waals surface area contributed by atoms with E-state index >= 15 is 0 Å². The molecule has 6 unspecified atom stereocenters. The molecule has 0 spiro atoms. The van der Waals surface area contributed by atoms with Gasteiger partial charge in [-0.25, -0.2) is 4.79 Å². The Morgan fingerprint density at radius 2 is 0.877 bits per heavy atom. The first-order valence-corrected chi connectivity index (χ1v) is 40.7. The molecule has 3 saturated heterocycles. The van der Waals surface area contributed by atoms with Crippen molar-refractivity contribution in [3.63, 3.8) is 0 Å². The smallest absolute Gasteiger partial charge is 0.462 e. The third-order valence-electron chi connectivity index (χ3n) is 17.7. The Bertz CT molecular complexity index is 1670. The van der Waals surface area contributed by atoms with Gasteiger partial charge in [0, 0.05) is 58.1 Å². The number of fused-ring (bicyclic) bond motifs is 3. The second kappa shape index (κ2) is 20.3. The SMILES string of the molecule is C=C(C)C(=O)OCCCCO[Si]1(C2CCCC2)O[Si]2(C3CCCC3)O[Si](OS)(C3CCCC3)O[Si]3(C4CCCC4)O[Si](OC)(C4CCCC4)O[Si@@]1(C1CCCC1)O[Si](C1CCCC1)(O3)O2. The fourth-order valence-electron chi connectivity index (χ4n) is 14.3. The van der Waals surface area contributed by atoms with Crippen molar-refractivity contribution >= 4 is 79.1 Å². The molecule has 3 aliphatic heterocycles. The highest BCUT2D eigenvalue weighted by atomic mass is 32.1. The molecule has 0 amide bonds. The fourth-order valence-corrected chi connectivity index (χ4v) is 72.7. The van der Waals surface area contributed by atoms with Gasteiger partial charge in [-0.3, -0.25) is 0 Å². The first-order chi connectivity index (χ1) is 31.6. The van der Waals surface area contributed by atoms with Crippen LogP contribution in [0.25, 0.3) is 0 Å². The lowest BCUT2D eigenvalue weighted by molar-refractivity contribution is -0.139. The monoisotopic (exact) mass is 1040 g/mol. The number of carbonyl (C=O) groups excluding carboxylic acids is 1. The summed E-state index contributed by atoms with van der Waals surface area (Å²) >= 11 is 4.94. The van der Waals surface area contributed by atoms with Gasteiger partial charge in [-0.2, -0.15) is 0 Å². The normalized spacial score (nSPS) is 42.0. The molecule has 368 valence electrons. The fraction of sp³-hybridized carbons (Fsp3) is 0.932. The average Bonchev–Trinajstić information content (AvgIpc) is 4.16. The maximum Gasteiger partial charge on any atom is 0.500 e. The van der Waals surface area contributed by atoms with E-state index in [1.807, 2.05) is 7.11 Å². The standard InChI is InChI=1S/C44H80O13SSi7/c1-36(2)44(45)47-34-18-19-35-48-64(42-30-14-15-31-42)56-62(40-26-10-11-27-40)52-60(49-58,38-22-6-7-23-38)51-61(39-24-8-9-25-39)50-59(46-3,37-20-4-5-21-37)55-65(64,43-32-16-17-33-43)57-63(53-61,54-62)41-28-12-13-29-41/h37-43,58H,1,4-35H2,2-3H3/t59?,60?,61?,62?,63?,64?,65-/m0/s1. The van der Waals surface area contributed by atoms with Crippen LogP contribution in [0.5, 0.6) is 0 Å². The second-order valence-corrected chi connectivity index (χ2v) is 48.4. The highest BCUT2D eigenvalue weighted by Gasteiger charge is 2.88. The average molecular weight is 1050 g/mol. The predicted molar refractivity (Wildman–Crippen MR) is 263 cm³/mol. The van der Waals surface area contributed by atoms with Crippen LogP contribution in [0, 0.1) is 0 Å². The van der Waals surface area contributed by atoms with E-state index < -0.39 is 60.2 Å². The zero-order chi connectivity index (χ0) is 44.8. The summed E-state index contributed by atoms with van der Waals surface area (Å²) in [5.41, 5.74) is 0.801. The summed E-state index contributed by atoms with van der Waals surface area (Å²) in [4.78, 5) is 12.5. The molecular weight excluding hydrogens is 965 g/mol. The van der Waals surface area contributed by atoms with Crippen LogP contribution in [0.15, 0.2) is 12.2 Å². The molecule has 10 fully saturated rings.